The van der Waals surface area contributed by atoms with Crippen molar-refractivity contribution in [1.29, 1.82) is 0 Å². The van der Waals surface area contributed by atoms with Crippen molar-refractivity contribution in [3.63, 3.8) is 0 Å². The van der Waals surface area contributed by atoms with Gasteiger partial charge in [0.25, 0.3) is 0 Å². The molecule has 0 spiro atoms. The number of anilines is 2. The summed E-state index contributed by atoms with van der Waals surface area (Å²) in [5.41, 5.74) is 1.60. The summed E-state index contributed by atoms with van der Waals surface area (Å²) in [5, 5.41) is 15.8. The maximum absolute atomic E-state index is 13.4. The third kappa shape index (κ3) is 7.60. The largest absolute Gasteiger partial charge is 0.488 e. The summed E-state index contributed by atoms with van der Waals surface area (Å²) >= 11 is 5.95. The van der Waals surface area contributed by atoms with Crippen molar-refractivity contribution >= 4 is 44.9 Å². The Bertz CT molecular complexity index is 1500. The molecule has 3 aromatic rings. The molecule has 1 heterocycles. The monoisotopic (exact) mass is 614 g/mol. The fraction of sp³-hybridized carbons (Fsp3) is 0.333. The second kappa shape index (κ2) is 13.6. The number of fused-ring (bicyclic) bond motifs is 1. The quantitative estimate of drug-likeness (QED) is 0.344. The standard InChI is InChI=1S/C30H35ClN4O6S/c1-20-17-35(21(2)19-36)29(37)16-22-15-25(33-30(38)32-24-7-5-4-6-8-24)11-14-27(22)41-28(20)18-34(3)42(39,40)26-12-9-23(31)10-13-26/h4-15,20-21,28,36H,16-19H2,1-3H3,(H2,32,33,38)/t20-,21-,28-/m0/s1. The first-order chi connectivity index (χ1) is 20.0. The van der Waals surface area contributed by atoms with E-state index in [4.69, 9.17) is 16.3 Å². The minimum Gasteiger partial charge on any atom is -0.488 e. The van der Waals surface area contributed by atoms with Crippen molar-refractivity contribution in [2.75, 3.05) is 37.4 Å². The van der Waals surface area contributed by atoms with Gasteiger partial charge >= 0.3 is 6.03 Å². The van der Waals surface area contributed by atoms with Gasteiger partial charge in [-0.05, 0) is 61.5 Å². The number of rotatable bonds is 8. The molecule has 1 aliphatic rings. The third-order valence-electron chi connectivity index (χ3n) is 7.16. The highest BCUT2D eigenvalue weighted by Gasteiger charge is 2.33. The van der Waals surface area contributed by atoms with Gasteiger partial charge in [-0.2, -0.15) is 4.31 Å². The maximum Gasteiger partial charge on any atom is 0.323 e. The van der Waals surface area contributed by atoms with Crippen LogP contribution in [0.4, 0.5) is 16.2 Å². The molecule has 3 N–H and O–H groups in total. The zero-order valence-electron chi connectivity index (χ0n) is 23.7. The molecule has 1 aliphatic heterocycles. The molecule has 3 amide bonds. The van der Waals surface area contributed by atoms with Crippen LogP contribution in [0.5, 0.6) is 5.75 Å². The number of nitrogens with one attached hydrogen (secondary N) is 2. The molecule has 0 saturated carbocycles. The number of carbonyl (C=O) groups is 2. The molecule has 12 heteroatoms. The molecule has 0 radical (unpaired) electrons. The normalized spacial score (nSPS) is 18.2. The molecule has 0 aliphatic carbocycles. The van der Waals surface area contributed by atoms with E-state index in [1.54, 1.807) is 42.2 Å². The lowest BCUT2D eigenvalue weighted by atomic mass is 10.0. The number of carbonyl (C=O) groups excluding carboxylic acids is 2. The molecule has 224 valence electrons. The molecule has 3 atom stereocenters. The number of ether oxygens (including phenoxy) is 1. The predicted octanol–water partition coefficient (Wildman–Crippen LogP) is 4.45. The summed E-state index contributed by atoms with van der Waals surface area (Å²) < 4.78 is 34.3. The number of aliphatic hydroxyl groups excluding tert-OH is 1. The molecule has 0 saturated heterocycles. The number of likely N-dealkylation sites (N-methyl/N-ethyl adjacent to an activating group) is 1. The van der Waals surface area contributed by atoms with Crippen LogP contribution in [0, 0.1) is 5.92 Å². The minimum atomic E-state index is -3.86. The Labute approximate surface area is 251 Å². The highest BCUT2D eigenvalue weighted by molar-refractivity contribution is 7.89. The van der Waals surface area contributed by atoms with E-state index < -0.39 is 28.2 Å². The molecular weight excluding hydrogens is 580 g/mol. The Morgan fingerprint density at radius 1 is 1.10 bits per heavy atom. The molecule has 0 fully saturated rings. The molecule has 0 unspecified atom stereocenters. The highest BCUT2D eigenvalue weighted by Crippen LogP contribution is 2.30. The number of para-hydroxylation sites is 1. The lowest BCUT2D eigenvalue weighted by Gasteiger charge is -2.33. The Hall–Kier alpha value is -3.64. The number of amides is 3. The van der Waals surface area contributed by atoms with Crippen LogP contribution in [0.15, 0.2) is 77.7 Å². The van der Waals surface area contributed by atoms with Gasteiger partial charge in [0.2, 0.25) is 15.9 Å². The first kappa shape index (κ1) is 31.3. The van der Waals surface area contributed by atoms with Crippen LogP contribution in [-0.4, -0.2) is 73.6 Å². The first-order valence-electron chi connectivity index (χ1n) is 13.5. The van der Waals surface area contributed by atoms with Crippen LogP contribution in [0.25, 0.3) is 0 Å². The number of halogens is 1. The van der Waals surface area contributed by atoms with Crippen LogP contribution in [0.1, 0.15) is 19.4 Å². The van der Waals surface area contributed by atoms with Gasteiger partial charge < -0.3 is 25.4 Å². The average molecular weight is 615 g/mol. The molecular formula is C30H35ClN4O6S. The first-order valence-corrected chi connectivity index (χ1v) is 15.3. The van der Waals surface area contributed by atoms with Crippen LogP contribution in [0.2, 0.25) is 5.02 Å². The maximum atomic E-state index is 13.4. The van der Waals surface area contributed by atoms with Gasteiger partial charge in [-0.3, -0.25) is 4.79 Å². The van der Waals surface area contributed by atoms with Gasteiger partial charge in [0, 0.05) is 41.5 Å². The van der Waals surface area contributed by atoms with Gasteiger partial charge in [0.05, 0.1) is 30.5 Å². The van der Waals surface area contributed by atoms with Crippen LogP contribution in [0.3, 0.4) is 0 Å². The van der Waals surface area contributed by atoms with Gasteiger partial charge in [-0.25, -0.2) is 13.2 Å². The summed E-state index contributed by atoms with van der Waals surface area (Å²) in [5.74, 6) is -0.113. The van der Waals surface area contributed by atoms with Gasteiger partial charge in [-0.15, -0.1) is 0 Å². The van der Waals surface area contributed by atoms with E-state index in [-0.39, 0.29) is 42.8 Å². The minimum absolute atomic E-state index is 0.000581. The summed E-state index contributed by atoms with van der Waals surface area (Å²) in [6, 6.07) is 19.0. The third-order valence-corrected chi connectivity index (χ3v) is 9.25. The van der Waals surface area contributed by atoms with Gasteiger partial charge in [0.1, 0.15) is 11.9 Å². The summed E-state index contributed by atoms with van der Waals surface area (Å²) in [7, 11) is -2.38. The van der Waals surface area contributed by atoms with Crippen molar-refractivity contribution in [3.8, 4) is 5.75 Å². The SMILES string of the molecule is C[C@H]1CN([C@@H](C)CO)C(=O)Cc2cc(NC(=O)Nc3ccccc3)ccc2O[C@H]1CN(C)S(=O)(=O)c1ccc(Cl)cc1. The molecule has 0 aromatic heterocycles. The van der Waals surface area contributed by atoms with Crippen molar-refractivity contribution in [3.05, 3.63) is 83.4 Å². The Morgan fingerprint density at radius 2 is 1.76 bits per heavy atom. The topological polar surface area (TPSA) is 128 Å². The van der Waals surface area contributed by atoms with Crippen LogP contribution >= 0.6 is 11.6 Å². The van der Waals surface area contributed by atoms with Crippen LogP contribution in [-0.2, 0) is 21.2 Å². The Morgan fingerprint density at radius 3 is 2.43 bits per heavy atom. The van der Waals surface area contributed by atoms with Crippen molar-refractivity contribution in [1.82, 2.24) is 9.21 Å². The van der Waals surface area contributed by atoms with Gasteiger partial charge in [0.15, 0.2) is 0 Å². The summed E-state index contributed by atoms with van der Waals surface area (Å²) in [6.45, 7) is 3.65. The Kier molecular flexibility index (Phi) is 10.1. The second-order valence-corrected chi connectivity index (χ2v) is 12.9. The lowest BCUT2D eigenvalue weighted by molar-refractivity contribution is -0.134. The van der Waals surface area contributed by atoms with E-state index in [1.165, 1.54) is 35.6 Å². The van der Waals surface area contributed by atoms with E-state index in [0.29, 0.717) is 27.7 Å². The zero-order valence-corrected chi connectivity index (χ0v) is 25.2. The number of urea groups is 1. The van der Waals surface area contributed by atoms with Crippen molar-refractivity contribution < 1.29 is 27.9 Å². The molecule has 10 nitrogen and oxygen atoms in total. The molecule has 0 bridgehead atoms. The molecule has 4 rings (SSSR count). The summed E-state index contributed by atoms with van der Waals surface area (Å²) in [4.78, 5) is 27.7. The van der Waals surface area contributed by atoms with Crippen molar-refractivity contribution in [2.24, 2.45) is 5.92 Å². The van der Waals surface area contributed by atoms with E-state index in [9.17, 15) is 23.1 Å². The second-order valence-electron chi connectivity index (χ2n) is 10.4. The average Bonchev–Trinajstić information content (AvgIpc) is 3.00. The number of sulfonamides is 1. The Balaban J connectivity index is 1.62. The highest BCUT2D eigenvalue weighted by atomic mass is 35.5. The predicted molar refractivity (Wildman–Crippen MR) is 162 cm³/mol. The van der Waals surface area contributed by atoms with Crippen molar-refractivity contribution in [2.45, 2.75) is 37.3 Å². The lowest BCUT2D eigenvalue weighted by Crippen LogP contribution is -2.48. The number of hydrogen-bond acceptors (Lipinski definition) is 6. The zero-order chi connectivity index (χ0) is 30.4. The van der Waals surface area contributed by atoms with E-state index in [1.807, 2.05) is 25.1 Å². The molecule has 42 heavy (non-hydrogen) atoms. The number of aliphatic hydroxyl groups is 1. The van der Waals surface area contributed by atoms with Gasteiger partial charge in [-0.1, -0.05) is 36.7 Å². The number of hydrogen-bond donors (Lipinski definition) is 3. The fourth-order valence-electron chi connectivity index (χ4n) is 4.68. The fourth-order valence-corrected chi connectivity index (χ4v) is 5.99. The summed E-state index contributed by atoms with van der Waals surface area (Å²) in [6.07, 6.45) is -0.677. The van der Waals surface area contributed by atoms with E-state index in [2.05, 4.69) is 10.6 Å². The number of nitrogens with zero attached hydrogens (tertiary/aromatic N) is 2. The van der Waals surface area contributed by atoms with Crippen LogP contribution < -0.4 is 15.4 Å². The number of benzene rings is 3. The smallest absolute Gasteiger partial charge is 0.323 e. The molecule has 3 aromatic carbocycles. The van der Waals surface area contributed by atoms with E-state index >= 15 is 0 Å². The van der Waals surface area contributed by atoms with E-state index in [0.717, 1.165) is 0 Å².